The van der Waals surface area contributed by atoms with Crippen molar-refractivity contribution in [3.63, 3.8) is 0 Å². The van der Waals surface area contributed by atoms with Gasteiger partial charge in [0.2, 0.25) is 0 Å². The number of benzene rings is 2. The average molecular weight is 399 g/mol. The SMILES string of the molecule is CCNCc1ccc(Oc2ccc(Br)c(C)c2)c(Br)c1. The highest BCUT2D eigenvalue weighted by Gasteiger charge is 2.05. The van der Waals surface area contributed by atoms with E-state index in [0.717, 1.165) is 39.1 Å². The summed E-state index contributed by atoms with van der Waals surface area (Å²) in [6, 6.07) is 12.1. The summed E-state index contributed by atoms with van der Waals surface area (Å²) in [5, 5.41) is 3.31. The second kappa shape index (κ2) is 7.25. The standard InChI is InChI=1S/C16H17Br2NO/c1-3-19-10-12-4-7-16(15(18)9-12)20-13-5-6-14(17)11(2)8-13/h4-9,19H,3,10H2,1-2H3. The van der Waals surface area contributed by atoms with Crippen LogP contribution in [0.1, 0.15) is 18.1 Å². The van der Waals surface area contributed by atoms with Crippen molar-refractivity contribution in [2.75, 3.05) is 6.54 Å². The summed E-state index contributed by atoms with van der Waals surface area (Å²) >= 11 is 7.06. The summed E-state index contributed by atoms with van der Waals surface area (Å²) < 4.78 is 7.97. The highest BCUT2D eigenvalue weighted by atomic mass is 79.9. The molecule has 20 heavy (non-hydrogen) atoms. The lowest BCUT2D eigenvalue weighted by Gasteiger charge is -2.11. The number of hydrogen-bond acceptors (Lipinski definition) is 2. The molecular weight excluding hydrogens is 382 g/mol. The fraction of sp³-hybridized carbons (Fsp3) is 0.250. The van der Waals surface area contributed by atoms with Gasteiger partial charge in [0.15, 0.2) is 0 Å². The molecule has 0 heterocycles. The Labute approximate surface area is 136 Å². The Balaban J connectivity index is 2.14. The minimum absolute atomic E-state index is 0.826. The molecule has 2 aromatic rings. The molecular formula is C16H17Br2NO. The van der Waals surface area contributed by atoms with Crippen molar-refractivity contribution in [2.45, 2.75) is 20.4 Å². The van der Waals surface area contributed by atoms with Gasteiger partial charge in [-0.1, -0.05) is 28.9 Å². The molecule has 4 heteroatoms. The van der Waals surface area contributed by atoms with Gasteiger partial charge in [0.1, 0.15) is 11.5 Å². The molecule has 2 aromatic carbocycles. The molecule has 2 nitrogen and oxygen atoms in total. The molecule has 0 radical (unpaired) electrons. The molecule has 0 bridgehead atoms. The summed E-state index contributed by atoms with van der Waals surface area (Å²) in [5.74, 6) is 1.66. The summed E-state index contributed by atoms with van der Waals surface area (Å²) in [6.45, 7) is 5.98. The zero-order valence-electron chi connectivity index (χ0n) is 11.5. The van der Waals surface area contributed by atoms with Crippen molar-refractivity contribution in [3.8, 4) is 11.5 Å². The smallest absolute Gasteiger partial charge is 0.141 e. The van der Waals surface area contributed by atoms with E-state index in [-0.39, 0.29) is 0 Å². The van der Waals surface area contributed by atoms with Gasteiger partial charge in [-0.25, -0.2) is 0 Å². The Kier molecular flexibility index (Phi) is 5.64. The molecule has 2 rings (SSSR count). The van der Waals surface area contributed by atoms with Gasteiger partial charge in [-0.3, -0.25) is 0 Å². The monoisotopic (exact) mass is 397 g/mol. The van der Waals surface area contributed by atoms with Crippen molar-refractivity contribution < 1.29 is 4.74 Å². The summed E-state index contributed by atoms with van der Waals surface area (Å²) in [6.07, 6.45) is 0. The fourth-order valence-corrected chi connectivity index (χ4v) is 2.57. The molecule has 0 aliphatic heterocycles. The van der Waals surface area contributed by atoms with Crippen LogP contribution in [0.2, 0.25) is 0 Å². The van der Waals surface area contributed by atoms with Crippen LogP contribution in [0.3, 0.4) is 0 Å². The maximum atomic E-state index is 5.92. The highest BCUT2D eigenvalue weighted by molar-refractivity contribution is 9.10. The lowest BCUT2D eigenvalue weighted by Crippen LogP contribution is -2.11. The highest BCUT2D eigenvalue weighted by Crippen LogP contribution is 2.32. The number of ether oxygens (including phenoxy) is 1. The number of rotatable bonds is 5. The van der Waals surface area contributed by atoms with Gasteiger partial charge < -0.3 is 10.1 Å². The molecule has 0 atom stereocenters. The van der Waals surface area contributed by atoms with E-state index in [2.05, 4.69) is 56.2 Å². The van der Waals surface area contributed by atoms with Crippen LogP contribution < -0.4 is 10.1 Å². The van der Waals surface area contributed by atoms with Crippen molar-refractivity contribution >= 4 is 31.9 Å². The van der Waals surface area contributed by atoms with Gasteiger partial charge in [0, 0.05) is 11.0 Å². The van der Waals surface area contributed by atoms with Crippen molar-refractivity contribution in [2.24, 2.45) is 0 Å². The van der Waals surface area contributed by atoms with Crippen molar-refractivity contribution in [1.29, 1.82) is 0 Å². The Hall–Kier alpha value is -0.840. The normalized spacial score (nSPS) is 10.6. The molecule has 0 spiro atoms. The lowest BCUT2D eigenvalue weighted by molar-refractivity contribution is 0.478. The molecule has 0 amide bonds. The molecule has 0 aromatic heterocycles. The Bertz CT molecular complexity index is 599. The zero-order chi connectivity index (χ0) is 14.5. The van der Waals surface area contributed by atoms with Gasteiger partial charge in [0.05, 0.1) is 4.47 Å². The molecule has 1 N–H and O–H groups in total. The van der Waals surface area contributed by atoms with E-state index in [1.165, 1.54) is 5.56 Å². The molecule has 0 aliphatic rings. The maximum Gasteiger partial charge on any atom is 0.141 e. The predicted molar refractivity (Wildman–Crippen MR) is 90.5 cm³/mol. The van der Waals surface area contributed by atoms with Crippen LogP contribution in [0.15, 0.2) is 45.3 Å². The molecule has 0 unspecified atom stereocenters. The summed E-state index contributed by atoms with van der Waals surface area (Å²) in [7, 11) is 0. The minimum Gasteiger partial charge on any atom is -0.456 e. The number of halogens is 2. The first-order valence-corrected chi connectivity index (χ1v) is 8.12. The van der Waals surface area contributed by atoms with E-state index < -0.39 is 0 Å². The summed E-state index contributed by atoms with van der Waals surface area (Å²) in [4.78, 5) is 0. The Morgan fingerprint density at radius 2 is 1.85 bits per heavy atom. The van der Waals surface area contributed by atoms with E-state index in [1.807, 2.05) is 31.2 Å². The van der Waals surface area contributed by atoms with Crippen molar-refractivity contribution in [3.05, 3.63) is 56.5 Å². The van der Waals surface area contributed by atoms with Crippen LogP contribution in [-0.2, 0) is 6.54 Å². The summed E-state index contributed by atoms with van der Waals surface area (Å²) in [5.41, 5.74) is 2.39. The lowest BCUT2D eigenvalue weighted by atomic mass is 10.2. The third-order valence-electron chi connectivity index (χ3n) is 2.93. The second-order valence-corrected chi connectivity index (χ2v) is 6.27. The topological polar surface area (TPSA) is 21.3 Å². The Morgan fingerprint density at radius 3 is 2.50 bits per heavy atom. The molecule has 0 aliphatic carbocycles. The fourth-order valence-electron chi connectivity index (χ4n) is 1.81. The molecule has 0 saturated carbocycles. The van der Waals surface area contributed by atoms with Crippen LogP contribution in [0, 0.1) is 6.92 Å². The van der Waals surface area contributed by atoms with Crippen LogP contribution in [0.5, 0.6) is 11.5 Å². The van der Waals surface area contributed by atoms with E-state index in [1.54, 1.807) is 0 Å². The van der Waals surface area contributed by atoms with E-state index in [4.69, 9.17) is 4.74 Å². The number of hydrogen-bond donors (Lipinski definition) is 1. The molecule has 0 fully saturated rings. The minimum atomic E-state index is 0.826. The van der Waals surface area contributed by atoms with Crippen LogP contribution in [0.4, 0.5) is 0 Å². The van der Waals surface area contributed by atoms with Gasteiger partial charge in [-0.15, -0.1) is 0 Å². The molecule has 106 valence electrons. The third-order valence-corrected chi connectivity index (χ3v) is 4.44. The van der Waals surface area contributed by atoms with E-state index >= 15 is 0 Å². The first kappa shape index (κ1) is 15.5. The van der Waals surface area contributed by atoms with Gasteiger partial charge in [-0.2, -0.15) is 0 Å². The van der Waals surface area contributed by atoms with Crippen LogP contribution in [-0.4, -0.2) is 6.54 Å². The third kappa shape index (κ3) is 4.08. The second-order valence-electron chi connectivity index (χ2n) is 4.56. The van der Waals surface area contributed by atoms with Crippen LogP contribution in [0.25, 0.3) is 0 Å². The molecule has 0 saturated heterocycles. The van der Waals surface area contributed by atoms with Gasteiger partial charge >= 0.3 is 0 Å². The number of nitrogens with one attached hydrogen (secondary N) is 1. The number of aryl methyl sites for hydroxylation is 1. The van der Waals surface area contributed by atoms with Gasteiger partial charge in [-0.05, 0) is 70.9 Å². The predicted octanol–water partition coefficient (Wildman–Crippen LogP) is 5.42. The first-order valence-electron chi connectivity index (χ1n) is 6.53. The average Bonchev–Trinajstić information content (AvgIpc) is 2.43. The first-order chi connectivity index (χ1) is 9.60. The van der Waals surface area contributed by atoms with Gasteiger partial charge in [0.25, 0.3) is 0 Å². The largest absolute Gasteiger partial charge is 0.456 e. The van der Waals surface area contributed by atoms with E-state index in [9.17, 15) is 0 Å². The zero-order valence-corrected chi connectivity index (χ0v) is 14.7. The van der Waals surface area contributed by atoms with Crippen molar-refractivity contribution in [1.82, 2.24) is 5.32 Å². The maximum absolute atomic E-state index is 5.92. The Morgan fingerprint density at radius 1 is 1.05 bits per heavy atom. The quantitative estimate of drug-likeness (QED) is 0.725. The van der Waals surface area contributed by atoms with Crippen LogP contribution >= 0.6 is 31.9 Å². The van der Waals surface area contributed by atoms with E-state index in [0.29, 0.717) is 0 Å².